The highest BCUT2D eigenvalue weighted by Crippen LogP contribution is 2.24. The van der Waals surface area contributed by atoms with Gasteiger partial charge in [-0.1, -0.05) is 11.3 Å². The highest BCUT2D eigenvalue weighted by molar-refractivity contribution is 7.09. The summed E-state index contributed by atoms with van der Waals surface area (Å²) in [6.07, 6.45) is 0. The Hall–Kier alpha value is -0.830. The summed E-state index contributed by atoms with van der Waals surface area (Å²) in [6.45, 7) is 18.9. The van der Waals surface area contributed by atoms with Gasteiger partial charge in [-0.3, -0.25) is 0 Å². The van der Waals surface area contributed by atoms with Gasteiger partial charge in [0.2, 0.25) is 5.01 Å². The Kier molecular flexibility index (Phi) is 3.72. The summed E-state index contributed by atoms with van der Waals surface area (Å²) in [5, 5.41) is 3.39. The Morgan fingerprint density at radius 1 is 1.24 bits per heavy atom. The van der Waals surface area contributed by atoms with E-state index < -0.39 is 0 Å². The van der Waals surface area contributed by atoms with Gasteiger partial charge in [0, 0.05) is 27.7 Å². The quantitative estimate of drug-likeness (QED) is 0.576. The van der Waals surface area contributed by atoms with Gasteiger partial charge in [0.15, 0.2) is 11.3 Å². The monoisotopic (exact) mass is 254 g/mol. The van der Waals surface area contributed by atoms with Crippen molar-refractivity contribution in [3.63, 3.8) is 0 Å². The van der Waals surface area contributed by atoms with Crippen molar-refractivity contribution in [2.45, 2.75) is 59.6 Å². The van der Waals surface area contributed by atoms with Gasteiger partial charge < -0.3 is 4.74 Å². The van der Waals surface area contributed by atoms with Crippen molar-refractivity contribution in [2.24, 2.45) is 0 Å². The smallest absolute Gasteiger partial charge is 0.258 e. The molecule has 0 aliphatic carbocycles. The number of aromatic nitrogens is 1. The topological polar surface area (TPSA) is 13.1 Å². The molecule has 1 heterocycles. The molecule has 0 unspecified atom stereocenters. The molecule has 0 radical (unpaired) electrons. The molecule has 0 fully saturated rings. The van der Waals surface area contributed by atoms with E-state index in [2.05, 4.69) is 44.2 Å². The minimum Gasteiger partial charge on any atom is -0.482 e. The second-order valence-corrected chi connectivity index (χ2v) is 7.35. The van der Waals surface area contributed by atoms with E-state index in [4.69, 9.17) is 4.74 Å². The summed E-state index contributed by atoms with van der Waals surface area (Å²) in [5.41, 5.74) is 0.918. The maximum atomic E-state index is 5.86. The minimum atomic E-state index is -0.206. The van der Waals surface area contributed by atoms with Crippen LogP contribution < -0.4 is 4.57 Å². The summed E-state index contributed by atoms with van der Waals surface area (Å²) >= 11 is 1.73. The lowest BCUT2D eigenvalue weighted by Gasteiger charge is -2.22. The second kappa shape index (κ2) is 4.45. The number of rotatable bonds is 2. The van der Waals surface area contributed by atoms with Crippen LogP contribution in [0.2, 0.25) is 0 Å². The molecule has 1 rings (SSSR count). The van der Waals surface area contributed by atoms with Crippen LogP contribution in [0.25, 0.3) is 5.76 Å². The fourth-order valence-corrected chi connectivity index (χ4v) is 2.86. The minimum absolute atomic E-state index is 0.0452. The Balaban J connectivity index is 3.12. The molecule has 1 aromatic rings. The number of thiazole rings is 1. The van der Waals surface area contributed by atoms with Crippen molar-refractivity contribution in [1.29, 1.82) is 0 Å². The van der Waals surface area contributed by atoms with E-state index in [1.54, 1.807) is 11.3 Å². The van der Waals surface area contributed by atoms with Crippen LogP contribution in [-0.2, 0) is 10.3 Å². The second-order valence-electron chi connectivity index (χ2n) is 6.28. The van der Waals surface area contributed by atoms with Crippen molar-refractivity contribution in [1.82, 2.24) is 0 Å². The first-order valence-corrected chi connectivity index (χ1v) is 6.79. The first-order valence-electron chi connectivity index (χ1n) is 5.91. The third kappa shape index (κ3) is 3.56. The molecule has 0 aromatic carbocycles. The maximum Gasteiger partial charge on any atom is 0.258 e. The van der Waals surface area contributed by atoms with Gasteiger partial charge in [-0.15, -0.1) is 0 Å². The summed E-state index contributed by atoms with van der Waals surface area (Å²) < 4.78 is 8.15. The fourth-order valence-electron chi connectivity index (χ4n) is 1.86. The zero-order chi connectivity index (χ0) is 13.4. The standard InChI is InChI=1S/C14H24NOS/c1-10(16-14(6,7)8)12-9-17-11(2)15(12)13(3,4)5/h9H,1H2,2-8H3/q+1. The summed E-state index contributed by atoms with van der Waals surface area (Å²) in [7, 11) is 0. The number of nitrogens with zero attached hydrogens (tertiary/aromatic N) is 1. The molecule has 0 saturated carbocycles. The average Bonchev–Trinajstić information content (AvgIpc) is 2.42. The van der Waals surface area contributed by atoms with Crippen molar-refractivity contribution in [3.8, 4) is 0 Å². The van der Waals surface area contributed by atoms with E-state index in [9.17, 15) is 0 Å². The molecule has 2 nitrogen and oxygen atoms in total. The van der Waals surface area contributed by atoms with Crippen molar-refractivity contribution >= 4 is 17.1 Å². The van der Waals surface area contributed by atoms with Gasteiger partial charge in [0.1, 0.15) is 5.60 Å². The van der Waals surface area contributed by atoms with Gasteiger partial charge in [-0.25, -0.2) is 0 Å². The van der Waals surface area contributed by atoms with E-state index in [1.165, 1.54) is 5.01 Å². The Bertz CT molecular complexity index is 418. The number of hydrogen-bond donors (Lipinski definition) is 0. The van der Waals surface area contributed by atoms with Crippen LogP contribution in [0.3, 0.4) is 0 Å². The first kappa shape index (κ1) is 14.2. The van der Waals surface area contributed by atoms with Crippen molar-refractivity contribution in [3.05, 3.63) is 22.7 Å². The molecule has 0 atom stereocenters. The molecule has 1 aromatic heterocycles. The van der Waals surface area contributed by atoms with Gasteiger partial charge in [-0.2, -0.15) is 4.57 Å². The highest BCUT2D eigenvalue weighted by Gasteiger charge is 2.32. The zero-order valence-electron chi connectivity index (χ0n) is 12.0. The lowest BCUT2D eigenvalue weighted by molar-refractivity contribution is -0.757. The van der Waals surface area contributed by atoms with Crippen LogP contribution in [0.15, 0.2) is 12.0 Å². The molecule has 3 heteroatoms. The van der Waals surface area contributed by atoms with Crippen LogP contribution in [0.5, 0.6) is 0 Å². The molecule has 96 valence electrons. The van der Waals surface area contributed by atoms with E-state index in [0.29, 0.717) is 0 Å². The summed E-state index contributed by atoms with van der Waals surface area (Å²) in [6, 6.07) is 0. The van der Waals surface area contributed by atoms with Crippen LogP contribution >= 0.6 is 11.3 Å². The summed E-state index contributed by atoms with van der Waals surface area (Å²) in [4.78, 5) is 0. The molecule has 0 aliphatic rings. The van der Waals surface area contributed by atoms with E-state index >= 15 is 0 Å². The predicted molar refractivity (Wildman–Crippen MR) is 74.1 cm³/mol. The van der Waals surface area contributed by atoms with E-state index in [0.717, 1.165) is 11.5 Å². The van der Waals surface area contributed by atoms with Crippen molar-refractivity contribution < 1.29 is 9.30 Å². The zero-order valence-corrected chi connectivity index (χ0v) is 12.9. The lowest BCUT2D eigenvalue weighted by Crippen LogP contribution is -2.53. The van der Waals surface area contributed by atoms with Crippen LogP contribution in [0.1, 0.15) is 52.2 Å². The molecule has 0 bridgehead atoms. The van der Waals surface area contributed by atoms with Crippen LogP contribution in [0.4, 0.5) is 0 Å². The summed E-state index contributed by atoms with van der Waals surface area (Å²) in [5.74, 6) is 0.747. The largest absolute Gasteiger partial charge is 0.482 e. The SMILES string of the molecule is C=C(OC(C)(C)C)c1csc(C)[n+]1C(C)(C)C. The predicted octanol–water partition coefficient (Wildman–Crippen LogP) is 3.88. The Morgan fingerprint density at radius 3 is 2.18 bits per heavy atom. The van der Waals surface area contributed by atoms with Gasteiger partial charge in [0.25, 0.3) is 5.69 Å². The molecule has 0 N–H and O–H groups in total. The van der Waals surface area contributed by atoms with Crippen LogP contribution in [-0.4, -0.2) is 5.60 Å². The van der Waals surface area contributed by atoms with Gasteiger partial charge in [-0.05, 0) is 27.4 Å². The normalized spacial score (nSPS) is 12.6. The number of hydrogen-bond acceptors (Lipinski definition) is 2. The first-order chi connectivity index (χ1) is 7.52. The molecular formula is C14H24NOS+. The average molecular weight is 254 g/mol. The Morgan fingerprint density at radius 2 is 1.76 bits per heavy atom. The molecule has 0 amide bonds. The fraction of sp³-hybridized carbons (Fsp3) is 0.643. The van der Waals surface area contributed by atoms with Gasteiger partial charge in [0.05, 0.1) is 5.38 Å². The third-order valence-electron chi connectivity index (χ3n) is 2.28. The number of aryl methyl sites for hydroxylation is 1. The molecule has 0 spiro atoms. The van der Waals surface area contributed by atoms with Gasteiger partial charge >= 0.3 is 0 Å². The highest BCUT2D eigenvalue weighted by atomic mass is 32.1. The van der Waals surface area contributed by atoms with E-state index in [1.807, 2.05) is 20.8 Å². The van der Waals surface area contributed by atoms with E-state index in [-0.39, 0.29) is 11.1 Å². The molecule has 0 saturated heterocycles. The molecular weight excluding hydrogens is 230 g/mol. The third-order valence-corrected chi connectivity index (χ3v) is 3.15. The number of ether oxygens (including phenoxy) is 1. The Labute approximate surface area is 109 Å². The van der Waals surface area contributed by atoms with Crippen LogP contribution in [0, 0.1) is 6.92 Å². The lowest BCUT2D eigenvalue weighted by atomic mass is 10.1. The molecule has 0 aliphatic heterocycles. The maximum absolute atomic E-state index is 5.86. The molecule has 17 heavy (non-hydrogen) atoms. The van der Waals surface area contributed by atoms with Crippen molar-refractivity contribution in [2.75, 3.05) is 0 Å².